The third-order valence-electron chi connectivity index (χ3n) is 2.49. The van der Waals surface area contributed by atoms with Crippen molar-refractivity contribution in [3.63, 3.8) is 0 Å². The lowest BCUT2D eigenvalue weighted by Gasteiger charge is -2.25. The Bertz CT molecular complexity index is 509. The normalized spacial score (nSPS) is 12.4. The molecule has 0 aromatic heterocycles. The van der Waals surface area contributed by atoms with Crippen molar-refractivity contribution in [1.29, 1.82) is 0 Å². The minimum absolute atomic E-state index is 0.640. The van der Waals surface area contributed by atoms with Crippen molar-refractivity contribution in [2.24, 2.45) is 5.29 Å². The Morgan fingerprint density at radius 1 is 0.875 bits per heavy atom. The zero-order valence-corrected chi connectivity index (χ0v) is 8.33. The highest BCUT2D eigenvalue weighted by Crippen LogP contribution is 2.46. The molecule has 1 aliphatic rings. The van der Waals surface area contributed by atoms with Gasteiger partial charge in [-0.15, -0.1) is 4.91 Å². The van der Waals surface area contributed by atoms with Gasteiger partial charge in [-0.05, 0) is 24.3 Å². The van der Waals surface area contributed by atoms with Crippen molar-refractivity contribution in [2.45, 2.75) is 0 Å². The van der Waals surface area contributed by atoms with Crippen LogP contribution < -0.4 is 9.75 Å². The highest BCUT2D eigenvalue weighted by atomic mass is 16.5. The smallest absolute Gasteiger partial charge is 0.153 e. The van der Waals surface area contributed by atoms with Gasteiger partial charge < -0.3 is 4.74 Å². The van der Waals surface area contributed by atoms with Crippen molar-refractivity contribution >= 4 is 11.4 Å². The molecule has 78 valence electrons. The summed E-state index contributed by atoms with van der Waals surface area (Å²) >= 11 is 0. The number of para-hydroxylation sites is 4. The second kappa shape index (κ2) is 3.34. The molecule has 1 heterocycles. The summed E-state index contributed by atoms with van der Waals surface area (Å²) in [6, 6.07) is 14.6. The molecule has 0 bridgehead atoms. The Hall–Kier alpha value is -2.36. The molecule has 1 aliphatic heterocycles. The monoisotopic (exact) mass is 212 g/mol. The Kier molecular flexibility index (Phi) is 1.86. The summed E-state index contributed by atoms with van der Waals surface area (Å²) in [5.41, 5.74) is 1.33. The van der Waals surface area contributed by atoms with Gasteiger partial charge in [-0.1, -0.05) is 24.3 Å². The van der Waals surface area contributed by atoms with Gasteiger partial charge >= 0.3 is 0 Å². The lowest BCUT2D eigenvalue weighted by atomic mass is 10.2. The molecule has 16 heavy (non-hydrogen) atoms. The molecule has 0 amide bonds. The quantitative estimate of drug-likeness (QED) is 0.678. The van der Waals surface area contributed by atoms with Gasteiger partial charge in [0.15, 0.2) is 11.5 Å². The van der Waals surface area contributed by atoms with Crippen LogP contribution in [0.2, 0.25) is 0 Å². The Morgan fingerprint density at radius 2 is 1.38 bits per heavy atom. The molecule has 2 aromatic rings. The second-order valence-corrected chi connectivity index (χ2v) is 3.43. The van der Waals surface area contributed by atoms with E-state index in [0.717, 1.165) is 0 Å². The Labute approximate surface area is 92.0 Å². The summed E-state index contributed by atoms with van der Waals surface area (Å²) in [5, 5.41) is 4.37. The van der Waals surface area contributed by atoms with Crippen LogP contribution in [0.25, 0.3) is 0 Å². The van der Waals surface area contributed by atoms with Crippen molar-refractivity contribution in [1.82, 2.24) is 0 Å². The molecule has 0 atom stereocenters. The molecule has 0 saturated heterocycles. The molecule has 0 radical (unpaired) electrons. The number of benzene rings is 2. The van der Waals surface area contributed by atoms with Crippen LogP contribution in [0.5, 0.6) is 11.5 Å². The highest BCUT2D eigenvalue weighted by Gasteiger charge is 2.24. The molecule has 0 spiro atoms. The number of fused-ring (bicyclic) bond motifs is 2. The maximum absolute atomic E-state index is 10.9. The Balaban J connectivity index is 2.23. The molecule has 3 rings (SSSR count). The molecule has 0 N–H and O–H groups in total. The van der Waals surface area contributed by atoms with E-state index in [9.17, 15) is 4.91 Å². The van der Waals surface area contributed by atoms with Crippen LogP contribution in [0.15, 0.2) is 53.8 Å². The van der Waals surface area contributed by atoms with Crippen LogP contribution in [0.3, 0.4) is 0 Å². The fourth-order valence-corrected chi connectivity index (χ4v) is 1.77. The van der Waals surface area contributed by atoms with Gasteiger partial charge in [0.2, 0.25) is 0 Å². The summed E-state index contributed by atoms with van der Waals surface area (Å²) in [6.07, 6.45) is 0. The summed E-state index contributed by atoms with van der Waals surface area (Å²) in [7, 11) is 0. The number of rotatable bonds is 1. The molecular formula is C12H8N2O2. The lowest BCUT2D eigenvalue weighted by molar-refractivity contribution is 0.474. The number of nitroso groups, excluding NO2 is 1. The maximum atomic E-state index is 10.9. The first-order valence-corrected chi connectivity index (χ1v) is 4.89. The number of anilines is 2. The second-order valence-electron chi connectivity index (χ2n) is 3.43. The number of ether oxygens (including phenoxy) is 1. The minimum atomic E-state index is 0.640. The van der Waals surface area contributed by atoms with Gasteiger partial charge in [0, 0.05) is 0 Å². The topological polar surface area (TPSA) is 41.9 Å². The van der Waals surface area contributed by atoms with Crippen molar-refractivity contribution < 1.29 is 4.74 Å². The van der Waals surface area contributed by atoms with E-state index in [0.29, 0.717) is 22.9 Å². The van der Waals surface area contributed by atoms with Gasteiger partial charge in [0.05, 0.1) is 5.29 Å². The molecule has 0 aliphatic carbocycles. The summed E-state index contributed by atoms with van der Waals surface area (Å²) in [4.78, 5) is 10.9. The van der Waals surface area contributed by atoms with Crippen LogP contribution in [0, 0.1) is 4.91 Å². The first-order valence-electron chi connectivity index (χ1n) is 4.89. The zero-order valence-electron chi connectivity index (χ0n) is 8.33. The number of hydrogen-bond acceptors (Lipinski definition) is 3. The first-order chi connectivity index (χ1) is 7.90. The van der Waals surface area contributed by atoms with Gasteiger partial charge in [-0.2, -0.15) is 5.01 Å². The molecule has 4 nitrogen and oxygen atoms in total. The predicted octanol–water partition coefficient (Wildman–Crippen LogP) is 3.61. The van der Waals surface area contributed by atoms with Gasteiger partial charge in [0.25, 0.3) is 0 Å². The largest absolute Gasteiger partial charge is 0.453 e. The van der Waals surface area contributed by atoms with Crippen molar-refractivity contribution in [2.75, 3.05) is 5.01 Å². The molecule has 2 aromatic carbocycles. The number of nitrogens with zero attached hydrogens (tertiary/aromatic N) is 2. The van der Waals surface area contributed by atoms with E-state index in [1.807, 2.05) is 36.4 Å². The third-order valence-corrected chi connectivity index (χ3v) is 2.49. The molecule has 0 fully saturated rings. The van der Waals surface area contributed by atoms with E-state index in [2.05, 4.69) is 5.29 Å². The summed E-state index contributed by atoms with van der Waals surface area (Å²) in [6.45, 7) is 0. The van der Waals surface area contributed by atoms with E-state index in [-0.39, 0.29) is 0 Å². The molecule has 0 unspecified atom stereocenters. The molecule has 0 saturated carbocycles. The summed E-state index contributed by atoms with van der Waals surface area (Å²) < 4.78 is 5.67. The van der Waals surface area contributed by atoms with Crippen LogP contribution >= 0.6 is 0 Å². The van der Waals surface area contributed by atoms with Crippen LogP contribution in [-0.4, -0.2) is 0 Å². The average molecular weight is 212 g/mol. The molecule has 4 heteroatoms. The van der Waals surface area contributed by atoms with Crippen LogP contribution in [0.1, 0.15) is 0 Å². The predicted molar refractivity (Wildman–Crippen MR) is 60.9 cm³/mol. The van der Waals surface area contributed by atoms with Crippen LogP contribution in [-0.2, 0) is 0 Å². The van der Waals surface area contributed by atoms with Crippen molar-refractivity contribution in [3.8, 4) is 11.5 Å². The van der Waals surface area contributed by atoms with E-state index >= 15 is 0 Å². The van der Waals surface area contributed by atoms with Crippen molar-refractivity contribution in [3.05, 3.63) is 53.4 Å². The maximum Gasteiger partial charge on any atom is 0.153 e. The fraction of sp³-hybridized carbons (Fsp3) is 0. The van der Waals surface area contributed by atoms with E-state index in [1.54, 1.807) is 12.1 Å². The standard InChI is InChI=1S/C12H8N2O2/c15-13-14-9-5-1-3-7-11(9)16-12-8-4-2-6-10(12)14/h1-8H. The minimum Gasteiger partial charge on any atom is -0.453 e. The lowest BCUT2D eigenvalue weighted by Crippen LogP contribution is -2.13. The number of hydrogen-bond donors (Lipinski definition) is 0. The SMILES string of the molecule is O=NN1c2ccccc2Oc2ccccc21. The Morgan fingerprint density at radius 3 is 1.88 bits per heavy atom. The van der Waals surface area contributed by atoms with Gasteiger partial charge in [-0.25, -0.2) is 0 Å². The fourth-order valence-electron chi connectivity index (χ4n) is 1.77. The summed E-state index contributed by atoms with van der Waals surface area (Å²) in [5.74, 6) is 1.28. The van der Waals surface area contributed by atoms with Gasteiger partial charge in [0.1, 0.15) is 11.4 Å². The average Bonchev–Trinajstić information content (AvgIpc) is 2.36. The van der Waals surface area contributed by atoms with E-state index in [4.69, 9.17) is 4.74 Å². The van der Waals surface area contributed by atoms with Gasteiger partial charge in [-0.3, -0.25) is 0 Å². The molecular weight excluding hydrogens is 204 g/mol. The van der Waals surface area contributed by atoms with E-state index in [1.165, 1.54) is 5.01 Å². The van der Waals surface area contributed by atoms with E-state index < -0.39 is 0 Å². The first kappa shape index (κ1) is 8.91. The third kappa shape index (κ3) is 1.16. The van der Waals surface area contributed by atoms with Crippen LogP contribution in [0.4, 0.5) is 11.4 Å². The highest BCUT2D eigenvalue weighted by molar-refractivity contribution is 5.76. The zero-order chi connectivity index (χ0) is 11.0.